The van der Waals surface area contributed by atoms with Crippen molar-refractivity contribution in [1.82, 2.24) is 0 Å². The molecule has 0 fully saturated rings. The number of anilines is 1. The first-order valence-corrected chi connectivity index (χ1v) is 7.36. The molecule has 0 bridgehead atoms. The summed E-state index contributed by atoms with van der Waals surface area (Å²) in [5, 5.41) is 0.367. The summed E-state index contributed by atoms with van der Waals surface area (Å²) in [7, 11) is 0. The number of benzene rings is 2. The van der Waals surface area contributed by atoms with E-state index in [1.807, 2.05) is 19.1 Å². The Morgan fingerprint density at radius 3 is 2.23 bits per heavy atom. The third-order valence-corrected chi connectivity index (χ3v) is 4.02. The van der Waals surface area contributed by atoms with Crippen molar-refractivity contribution in [3.63, 3.8) is 0 Å². The van der Waals surface area contributed by atoms with Crippen LogP contribution in [0.5, 0.6) is 0 Å². The van der Waals surface area contributed by atoms with Crippen LogP contribution >= 0.6 is 23.2 Å². The number of hydrogen-bond acceptors (Lipinski definition) is 2. The van der Waals surface area contributed by atoms with Gasteiger partial charge in [-0.25, -0.2) is 4.90 Å². The van der Waals surface area contributed by atoms with Crippen molar-refractivity contribution in [3.05, 3.63) is 69.7 Å². The molecule has 2 amide bonds. The lowest BCUT2D eigenvalue weighted by Gasteiger charge is -2.15. The Hall–Kier alpha value is -2.10. The number of nitrogens with zero attached hydrogens (tertiary/aromatic N) is 1. The molecule has 2 aromatic rings. The molecule has 2 aromatic carbocycles. The first kappa shape index (κ1) is 14.8. The molecule has 0 saturated carbocycles. The fraction of sp³-hybridized carbons (Fsp3) is 0.0588. The second kappa shape index (κ2) is 5.59. The van der Waals surface area contributed by atoms with E-state index in [2.05, 4.69) is 0 Å². The molecule has 0 spiro atoms. The van der Waals surface area contributed by atoms with Gasteiger partial charge in [0.25, 0.3) is 11.8 Å². The summed E-state index contributed by atoms with van der Waals surface area (Å²) in [6, 6.07) is 13.8. The van der Waals surface area contributed by atoms with E-state index in [4.69, 9.17) is 23.2 Å². The lowest BCUT2D eigenvalue weighted by Crippen LogP contribution is -2.31. The van der Waals surface area contributed by atoms with Crippen LogP contribution in [0.2, 0.25) is 5.02 Å². The molecule has 1 aliphatic rings. The summed E-state index contributed by atoms with van der Waals surface area (Å²) in [4.78, 5) is 26.0. The molecule has 0 aromatic heterocycles. The second-order valence-corrected chi connectivity index (χ2v) is 5.79. The highest BCUT2D eigenvalue weighted by molar-refractivity contribution is 6.60. The van der Waals surface area contributed by atoms with Crippen molar-refractivity contribution in [2.45, 2.75) is 6.92 Å². The zero-order valence-electron chi connectivity index (χ0n) is 11.6. The number of amides is 2. The fourth-order valence-electron chi connectivity index (χ4n) is 2.32. The molecule has 0 unspecified atom stereocenters. The Balaban J connectivity index is 2.05. The maximum absolute atomic E-state index is 12.6. The Morgan fingerprint density at radius 2 is 1.59 bits per heavy atom. The van der Waals surface area contributed by atoms with Crippen molar-refractivity contribution < 1.29 is 9.59 Å². The van der Waals surface area contributed by atoms with Crippen LogP contribution in [0, 0.1) is 6.92 Å². The van der Waals surface area contributed by atoms with Crippen LogP contribution in [0.15, 0.2) is 53.6 Å². The highest BCUT2D eigenvalue weighted by Gasteiger charge is 2.39. The van der Waals surface area contributed by atoms with Crippen LogP contribution in [0.25, 0.3) is 5.57 Å². The van der Waals surface area contributed by atoms with Crippen molar-refractivity contribution >= 4 is 46.3 Å². The van der Waals surface area contributed by atoms with Gasteiger partial charge in [-0.15, -0.1) is 0 Å². The van der Waals surface area contributed by atoms with Gasteiger partial charge < -0.3 is 0 Å². The monoisotopic (exact) mass is 331 g/mol. The average Bonchev–Trinajstić information content (AvgIpc) is 2.71. The quantitative estimate of drug-likeness (QED) is 0.774. The fourth-order valence-corrected chi connectivity index (χ4v) is 2.78. The van der Waals surface area contributed by atoms with Gasteiger partial charge in [-0.2, -0.15) is 0 Å². The van der Waals surface area contributed by atoms with Gasteiger partial charge in [0.2, 0.25) is 0 Å². The lowest BCUT2D eigenvalue weighted by atomic mass is 10.0. The molecule has 3 rings (SSSR count). The van der Waals surface area contributed by atoms with Gasteiger partial charge in [0.1, 0.15) is 5.03 Å². The van der Waals surface area contributed by atoms with E-state index in [-0.39, 0.29) is 10.6 Å². The summed E-state index contributed by atoms with van der Waals surface area (Å²) in [6.45, 7) is 1.94. The number of imide groups is 1. The molecule has 0 aliphatic carbocycles. The molecule has 1 aliphatic heterocycles. The van der Waals surface area contributed by atoms with Crippen molar-refractivity contribution in [1.29, 1.82) is 0 Å². The number of carbonyl (C=O) groups excluding carboxylic acids is 2. The number of carbonyl (C=O) groups is 2. The van der Waals surface area contributed by atoms with E-state index < -0.39 is 11.8 Å². The topological polar surface area (TPSA) is 37.4 Å². The van der Waals surface area contributed by atoms with E-state index in [9.17, 15) is 9.59 Å². The van der Waals surface area contributed by atoms with Crippen LogP contribution in [0.1, 0.15) is 11.1 Å². The first-order chi connectivity index (χ1) is 10.5. The highest BCUT2D eigenvalue weighted by Crippen LogP contribution is 2.35. The predicted molar refractivity (Wildman–Crippen MR) is 87.9 cm³/mol. The van der Waals surface area contributed by atoms with Crippen molar-refractivity contribution in [2.75, 3.05) is 4.90 Å². The minimum Gasteiger partial charge on any atom is -0.268 e. The molecule has 1 heterocycles. The van der Waals surface area contributed by atoms with E-state index in [0.717, 1.165) is 10.5 Å². The zero-order valence-corrected chi connectivity index (χ0v) is 13.2. The van der Waals surface area contributed by atoms with E-state index in [1.54, 1.807) is 36.4 Å². The molecule has 22 heavy (non-hydrogen) atoms. The summed E-state index contributed by atoms with van der Waals surface area (Å²) >= 11 is 12.0. The van der Waals surface area contributed by atoms with Crippen LogP contribution in [0.4, 0.5) is 5.69 Å². The van der Waals surface area contributed by atoms with Gasteiger partial charge in [0.05, 0.1) is 11.3 Å². The Bertz CT molecular complexity index is 810. The van der Waals surface area contributed by atoms with Gasteiger partial charge in [-0.05, 0) is 30.7 Å². The summed E-state index contributed by atoms with van der Waals surface area (Å²) in [5.74, 6) is -0.981. The Morgan fingerprint density at radius 1 is 0.909 bits per heavy atom. The van der Waals surface area contributed by atoms with Crippen molar-refractivity contribution in [2.24, 2.45) is 0 Å². The molecule has 0 atom stereocenters. The predicted octanol–water partition coefficient (Wildman–Crippen LogP) is 4.17. The van der Waals surface area contributed by atoms with Gasteiger partial charge in [0, 0.05) is 5.02 Å². The molecule has 0 radical (unpaired) electrons. The molecule has 110 valence electrons. The van der Waals surface area contributed by atoms with E-state index in [1.165, 1.54) is 0 Å². The van der Waals surface area contributed by atoms with Gasteiger partial charge in [-0.3, -0.25) is 9.59 Å². The smallest absolute Gasteiger partial charge is 0.268 e. The lowest BCUT2D eigenvalue weighted by molar-refractivity contribution is -0.119. The first-order valence-electron chi connectivity index (χ1n) is 6.60. The molecule has 3 nitrogen and oxygen atoms in total. The van der Waals surface area contributed by atoms with Crippen LogP contribution in [-0.2, 0) is 9.59 Å². The highest BCUT2D eigenvalue weighted by atomic mass is 35.5. The summed E-state index contributed by atoms with van der Waals surface area (Å²) < 4.78 is 0. The van der Waals surface area contributed by atoms with E-state index >= 15 is 0 Å². The van der Waals surface area contributed by atoms with Crippen LogP contribution in [-0.4, -0.2) is 11.8 Å². The third-order valence-electron chi connectivity index (χ3n) is 3.43. The SMILES string of the molecule is Cc1ccc(C2=C(Cl)C(=O)N(c3cccc(Cl)c3)C2=O)cc1. The zero-order chi connectivity index (χ0) is 15.9. The summed E-state index contributed by atoms with van der Waals surface area (Å²) in [5.41, 5.74) is 2.30. The van der Waals surface area contributed by atoms with Crippen LogP contribution < -0.4 is 4.90 Å². The normalized spacial score (nSPS) is 15.0. The molecular weight excluding hydrogens is 321 g/mol. The number of aryl methyl sites for hydroxylation is 1. The van der Waals surface area contributed by atoms with Crippen molar-refractivity contribution in [3.8, 4) is 0 Å². The Kier molecular flexibility index (Phi) is 3.77. The number of halogens is 2. The number of hydrogen-bond donors (Lipinski definition) is 0. The molecule has 5 heteroatoms. The molecular formula is C17H11Cl2NO2. The maximum atomic E-state index is 12.6. The average molecular weight is 332 g/mol. The Labute approximate surface area is 137 Å². The minimum absolute atomic E-state index is 0.0752. The maximum Gasteiger partial charge on any atom is 0.277 e. The third kappa shape index (κ3) is 2.43. The van der Waals surface area contributed by atoms with Gasteiger partial charge in [-0.1, -0.05) is 59.1 Å². The van der Waals surface area contributed by atoms with Crippen LogP contribution in [0.3, 0.4) is 0 Å². The molecule has 0 N–H and O–H groups in total. The largest absolute Gasteiger partial charge is 0.277 e. The second-order valence-electron chi connectivity index (χ2n) is 4.98. The van der Waals surface area contributed by atoms with Gasteiger partial charge in [0.15, 0.2) is 0 Å². The number of rotatable bonds is 2. The van der Waals surface area contributed by atoms with Gasteiger partial charge >= 0.3 is 0 Å². The standard InChI is InChI=1S/C17H11Cl2NO2/c1-10-5-7-11(8-6-10)14-15(19)17(22)20(16(14)21)13-4-2-3-12(18)9-13/h2-9H,1H3. The summed E-state index contributed by atoms with van der Waals surface area (Å²) in [6.07, 6.45) is 0. The molecule has 0 saturated heterocycles. The van der Waals surface area contributed by atoms with E-state index in [0.29, 0.717) is 16.3 Å². The minimum atomic E-state index is -0.537.